The third-order valence-corrected chi connectivity index (χ3v) is 6.74. The zero-order valence-electron chi connectivity index (χ0n) is 17.7. The number of aryl methyl sites for hydroxylation is 1. The molecule has 2 aliphatic rings. The molecule has 1 aliphatic heterocycles. The molecule has 0 unspecified atom stereocenters. The lowest BCUT2D eigenvalue weighted by molar-refractivity contribution is -0.147. The normalized spacial score (nSPS) is 16.0. The summed E-state index contributed by atoms with van der Waals surface area (Å²) in [6.07, 6.45) is 5.65. The Hall–Kier alpha value is -3.26. The Morgan fingerprint density at radius 2 is 2.09 bits per heavy atom. The van der Waals surface area contributed by atoms with Gasteiger partial charge >= 0.3 is 5.97 Å². The first-order chi connectivity index (χ1) is 15.6. The van der Waals surface area contributed by atoms with E-state index in [1.54, 1.807) is 17.5 Å². The Morgan fingerprint density at radius 1 is 1.25 bits per heavy atom. The Kier molecular flexibility index (Phi) is 5.61. The minimum Gasteiger partial charge on any atom is -0.482 e. The highest BCUT2D eigenvalue weighted by Crippen LogP contribution is 2.39. The molecule has 0 spiro atoms. The number of carbonyl (C=O) groups excluding carboxylic acids is 2. The fourth-order valence-electron chi connectivity index (χ4n) is 4.14. The molecule has 3 heterocycles. The highest BCUT2D eigenvalue weighted by atomic mass is 32.1. The second-order valence-electron chi connectivity index (χ2n) is 7.99. The topological polar surface area (TPSA) is 81.6 Å². The molecule has 0 atom stereocenters. The van der Waals surface area contributed by atoms with Crippen molar-refractivity contribution in [2.45, 2.75) is 38.7 Å². The minimum atomic E-state index is -0.384. The standard InChI is InChI=1S/C24H23N3O4S/c1-15-23(26-24(32-15)18-8-4-5-11-25-18)16-9-10-20-19(12-16)27(21(28)14-30-20)13-22(29)31-17-6-2-3-7-17/h4-5,8-12,17H,2-3,6-7,13-14H2,1H3. The molecule has 2 aromatic heterocycles. The van der Waals surface area contributed by atoms with Crippen LogP contribution in [0.2, 0.25) is 0 Å². The van der Waals surface area contributed by atoms with Crippen LogP contribution in [0.1, 0.15) is 30.6 Å². The Labute approximate surface area is 190 Å². The van der Waals surface area contributed by atoms with Gasteiger partial charge in [-0.05, 0) is 62.9 Å². The van der Waals surface area contributed by atoms with E-state index < -0.39 is 0 Å². The van der Waals surface area contributed by atoms with Crippen LogP contribution in [0.15, 0.2) is 42.6 Å². The van der Waals surface area contributed by atoms with Gasteiger partial charge in [0.05, 0.1) is 17.1 Å². The Morgan fingerprint density at radius 3 is 2.88 bits per heavy atom. The number of amides is 1. The van der Waals surface area contributed by atoms with E-state index in [1.165, 1.54) is 4.90 Å². The van der Waals surface area contributed by atoms with E-state index in [-0.39, 0.29) is 31.1 Å². The molecular formula is C24H23N3O4S. The number of nitrogens with zero attached hydrogens (tertiary/aromatic N) is 3. The summed E-state index contributed by atoms with van der Waals surface area (Å²) in [6.45, 7) is 1.80. The van der Waals surface area contributed by atoms with Gasteiger partial charge < -0.3 is 9.47 Å². The van der Waals surface area contributed by atoms with Crippen molar-refractivity contribution >= 4 is 28.9 Å². The van der Waals surface area contributed by atoms with Crippen molar-refractivity contribution in [3.8, 4) is 27.7 Å². The van der Waals surface area contributed by atoms with Crippen molar-refractivity contribution in [1.29, 1.82) is 0 Å². The van der Waals surface area contributed by atoms with Crippen LogP contribution in [0.25, 0.3) is 22.0 Å². The quantitative estimate of drug-likeness (QED) is 0.538. The van der Waals surface area contributed by atoms with E-state index in [1.807, 2.05) is 43.3 Å². The van der Waals surface area contributed by atoms with Crippen LogP contribution in [-0.4, -0.2) is 41.1 Å². The van der Waals surface area contributed by atoms with Gasteiger partial charge in [-0.2, -0.15) is 0 Å². The largest absolute Gasteiger partial charge is 0.482 e. The van der Waals surface area contributed by atoms with Gasteiger partial charge in [0.2, 0.25) is 0 Å². The van der Waals surface area contributed by atoms with Gasteiger partial charge in [0.1, 0.15) is 23.4 Å². The highest BCUT2D eigenvalue weighted by molar-refractivity contribution is 7.15. The van der Waals surface area contributed by atoms with Gasteiger partial charge in [-0.3, -0.25) is 19.5 Å². The monoisotopic (exact) mass is 449 g/mol. The van der Waals surface area contributed by atoms with Crippen molar-refractivity contribution in [3.63, 3.8) is 0 Å². The molecule has 0 radical (unpaired) electrons. The molecule has 8 heteroatoms. The maximum Gasteiger partial charge on any atom is 0.326 e. The number of ether oxygens (including phenoxy) is 2. The van der Waals surface area contributed by atoms with Crippen molar-refractivity contribution in [2.75, 3.05) is 18.1 Å². The highest BCUT2D eigenvalue weighted by Gasteiger charge is 2.30. The van der Waals surface area contributed by atoms with E-state index in [0.29, 0.717) is 11.4 Å². The summed E-state index contributed by atoms with van der Waals surface area (Å²) in [5, 5.41) is 0.833. The van der Waals surface area contributed by atoms with Crippen LogP contribution in [-0.2, 0) is 14.3 Å². The zero-order valence-corrected chi connectivity index (χ0v) is 18.6. The van der Waals surface area contributed by atoms with Gasteiger partial charge in [-0.15, -0.1) is 11.3 Å². The summed E-state index contributed by atoms with van der Waals surface area (Å²) in [5.41, 5.74) is 3.06. The lowest BCUT2D eigenvalue weighted by Gasteiger charge is -2.29. The summed E-state index contributed by atoms with van der Waals surface area (Å²) in [6, 6.07) is 11.3. The summed E-state index contributed by atoms with van der Waals surface area (Å²) < 4.78 is 11.2. The number of fused-ring (bicyclic) bond motifs is 1. The summed E-state index contributed by atoms with van der Waals surface area (Å²) >= 11 is 1.57. The van der Waals surface area contributed by atoms with Crippen molar-refractivity contribution in [3.05, 3.63) is 47.5 Å². The number of pyridine rings is 1. The number of esters is 1. The number of anilines is 1. The van der Waals surface area contributed by atoms with Crippen LogP contribution < -0.4 is 9.64 Å². The van der Waals surface area contributed by atoms with Crippen LogP contribution >= 0.6 is 11.3 Å². The Balaban J connectivity index is 1.43. The molecule has 3 aromatic rings. The molecule has 0 saturated heterocycles. The third kappa shape index (κ3) is 4.10. The summed E-state index contributed by atoms with van der Waals surface area (Å²) in [7, 11) is 0. The molecule has 1 amide bonds. The van der Waals surface area contributed by atoms with E-state index >= 15 is 0 Å². The summed E-state index contributed by atoms with van der Waals surface area (Å²) in [5.74, 6) is -0.0761. The molecule has 164 valence electrons. The predicted molar refractivity (Wildman–Crippen MR) is 122 cm³/mol. The van der Waals surface area contributed by atoms with E-state index in [4.69, 9.17) is 14.5 Å². The molecule has 1 fully saturated rings. The van der Waals surface area contributed by atoms with Crippen LogP contribution in [0.3, 0.4) is 0 Å². The molecule has 1 aromatic carbocycles. The third-order valence-electron chi connectivity index (χ3n) is 5.74. The first-order valence-corrected chi connectivity index (χ1v) is 11.6. The molecule has 0 bridgehead atoms. The van der Waals surface area contributed by atoms with Crippen molar-refractivity contribution in [2.24, 2.45) is 0 Å². The second-order valence-corrected chi connectivity index (χ2v) is 9.19. The molecule has 7 nitrogen and oxygen atoms in total. The lowest BCUT2D eigenvalue weighted by atomic mass is 10.1. The molecule has 0 N–H and O–H groups in total. The maximum atomic E-state index is 12.6. The molecular weight excluding hydrogens is 426 g/mol. The number of rotatable bonds is 5. The SMILES string of the molecule is Cc1sc(-c2ccccn2)nc1-c1ccc2c(c1)N(CC(=O)OC1CCCC1)C(=O)CO2. The fraction of sp³-hybridized carbons (Fsp3) is 0.333. The maximum absolute atomic E-state index is 12.6. The fourth-order valence-corrected chi connectivity index (χ4v) is 5.06. The molecule has 1 saturated carbocycles. The first-order valence-electron chi connectivity index (χ1n) is 10.7. The van der Waals surface area contributed by atoms with E-state index in [9.17, 15) is 9.59 Å². The second kappa shape index (κ2) is 8.70. The van der Waals surface area contributed by atoms with Crippen LogP contribution in [0.4, 0.5) is 5.69 Å². The number of carbonyl (C=O) groups is 2. The molecule has 32 heavy (non-hydrogen) atoms. The number of hydrogen-bond acceptors (Lipinski definition) is 7. The molecule has 1 aliphatic carbocycles. The minimum absolute atomic E-state index is 0.0351. The zero-order chi connectivity index (χ0) is 22.1. The average Bonchev–Trinajstić information content (AvgIpc) is 3.45. The number of aromatic nitrogens is 2. The van der Waals surface area contributed by atoms with E-state index in [0.717, 1.165) is 52.5 Å². The van der Waals surface area contributed by atoms with Gasteiger partial charge in [0.25, 0.3) is 5.91 Å². The van der Waals surface area contributed by atoms with Gasteiger partial charge in [-0.25, -0.2) is 4.98 Å². The lowest BCUT2D eigenvalue weighted by Crippen LogP contribution is -2.43. The number of thiazole rings is 1. The molecule has 5 rings (SSSR count). The van der Waals surface area contributed by atoms with Crippen LogP contribution in [0.5, 0.6) is 5.75 Å². The van der Waals surface area contributed by atoms with E-state index in [2.05, 4.69) is 4.98 Å². The first kappa shape index (κ1) is 20.6. The van der Waals surface area contributed by atoms with Crippen LogP contribution in [0, 0.1) is 6.92 Å². The Bertz CT molecular complexity index is 1160. The predicted octanol–water partition coefficient (Wildman–Crippen LogP) is 4.39. The van der Waals surface area contributed by atoms with Gasteiger partial charge in [-0.1, -0.05) is 6.07 Å². The van der Waals surface area contributed by atoms with Gasteiger partial charge in [0, 0.05) is 16.6 Å². The number of hydrogen-bond donors (Lipinski definition) is 0. The smallest absolute Gasteiger partial charge is 0.326 e. The van der Waals surface area contributed by atoms with Crippen molar-refractivity contribution in [1.82, 2.24) is 9.97 Å². The summed E-state index contributed by atoms with van der Waals surface area (Å²) in [4.78, 5) is 36.8. The van der Waals surface area contributed by atoms with Gasteiger partial charge in [0.15, 0.2) is 6.61 Å². The number of benzene rings is 1. The van der Waals surface area contributed by atoms with Crippen molar-refractivity contribution < 1.29 is 19.1 Å². The average molecular weight is 450 g/mol.